The van der Waals surface area contributed by atoms with Crippen LogP contribution in [-0.2, 0) is 15.4 Å². The number of hydrogen-bond acceptors (Lipinski definition) is 6. The van der Waals surface area contributed by atoms with E-state index in [0.717, 1.165) is 6.92 Å². The first kappa shape index (κ1) is 21.6. The van der Waals surface area contributed by atoms with Crippen molar-refractivity contribution in [2.45, 2.75) is 33.0 Å². The number of benzene rings is 1. The van der Waals surface area contributed by atoms with Crippen molar-refractivity contribution in [1.82, 2.24) is 9.97 Å². The Balaban J connectivity index is 2.37. The topological polar surface area (TPSA) is 68.3 Å². The molecule has 1 aromatic carbocycles. The van der Waals surface area contributed by atoms with Gasteiger partial charge in [-0.3, -0.25) is 10.9 Å². The fourth-order valence-corrected chi connectivity index (χ4v) is 3.06. The Bertz CT molecular complexity index is 804. The van der Waals surface area contributed by atoms with E-state index in [1.54, 1.807) is 13.8 Å². The van der Waals surface area contributed by atoms with Gasteiger partial charge < -0.3 is 9.47 Å². The maximum atomic E-state index is 13.6. The first-order valence-electron chi connectivity index (χ1n) is 7.88. The normalized spacial score (nSPS) is 11.8. The number of hydrogen-bond donors (Lipinski definition) is 2. The van der Waals surface area contributed by atoms with Gasteiger partial charge in [-0.1, -0.05) is 11.6 Å². The van der Waals surface area contributed by atoms with Crippen LogP contribution in [0, 0.1) is 13.8 Å². The van der Waals surface area contributed by atoms with Crippen LogP contribution < -0.4 is 10.9 Å². The van der Waals surface area contributed by atoms with Gasteiger partial charge in [0.1, 0.15) is 5.15 Å². The highest BCUT2D eigenvalue weighted by Gasteiger charge is 2.26. The van der Waals surface area contributed by atoms with Crippen molar-refractivity contribution in [1.29, 1.82) is 0 Å². The average Bonchev–Trinajstić information content (AvgIpc) is 2.56. The Morgan fingerprint density at radius 1 is 1.04 bits per heavy atom. The summed E-state index contributed by atoms with van der Waals surface area (Å²) in [6, 6.07) is 2.84. The first-order chi connectivity index (χ1) is 12.6. The van der Waals surface area contributed by atoms with Crippen LogP contribution in [0.1, 0.15) is 35.5 Å². The number of methoxy groups -OCH3 is 2. The second-order valence-corrected chi connectivity index (χ2v) is 6.67. The predicted octanol–water partition coefficient (Wildman–Crippen LogP) is 5.24. The fraction of sp³-hybridized carbons (Fsp3) is 0.412. The molecule has 6 nitrogen and oxygen atoms in total. The molecule has 0 spiro atoms. The van der Waals surface area contributed by atoms with Gasteiger partial charge in [-0.25, -0.2) is 13.8 Å². The van der Waals surface area contributed by atoms with Crippen molar-refractivity contribution in [2.75, 3.05) is 25.1 Å². The van der Waals surface area contributed by atoms with Crippen molar-refractivity contribution >= 4 is 34.7 Å². The molecule has 0 fully saturated rings. The lowest BCUT2D eigenvalue weighted by atomic mass is 10.0. The molecule has 1 heterocycles. The number of hydrazine groups is 1. The molecule has 148 valence electrons. The molecule has 0 aliphatic carbocycles. The van der Waals surface area contributed by atoms with Crippen LogP contribution in [0.25, 0.3) is 0 Å². The van der Waals surface area contributed by atoms with Crippen molar-refractivity contribution in [3.05, 3.63) is 44.8 Å². The molecule has 10 heteroatoms. The molecule has 0 bridgehead atoms. The summed E-state index contributed by atoms with van der Waals surface area (Å²) in [4.78, 5) is 7.99. The summed E-state index contributed by atoms with van der Waals surface area (Å²) < 4.78 is 37.6. The second-order valence-electron chi connectivity index (χ2n) is 5.97. The Hall–Kier alpha value is -1.74. The van der Waals surface area contributed by atoms with Gasteiger partial charge in [0.2, 0.25) is 5.28 Å². The highest BCUT2D eigenvalue weighted by molar-refractivity contribution is 6.32. The summed E-state index contributed by atoms with van der Waals surface area (Å²) in [5, 5.41) is -0.0177. The standard InChI is InChI=1S/C17H20Cl2F2N4O2/c1-8-6-10(17(3,20)21)7-9(2)12(8)24-25-14-11(15(26-4)27-5)13(18)22-16(19)23-14/h6-7,15,24H,1-5H3,(H,22,23,25). The molecule has 2 aromatic rings. The van der Waals surface area contributed by atoms with E-state index in [1.165, 1.54) is 26.4 Å². The van der Waals surface area contributed by atoms with Crippen LogP contribution in [0.2, 0.25) is 10.4 Å². The third-order valence-corrected chi connectivity index (χ3v) is 4.34. The number of halogens is 4. The van der Waals surface area contributed by atoms with Crippen molar-refractivity contribution in [2.24, 2.45) is 0 Å². The molecule has 0 saturated heterocycles. The van der Waals surface area contributed by atoms with Crippen LogP contribution in [0.5, 0.6) is 0 Å². The van der Waals surface area contributed by atoms with Gasteiger partial charge in [0, 0.05) is 26.7 Å². The van der Waals surface area contributed by atoms with E-state index in [-0.39, 0.29) is 21.8 Å². The fourth-order valence-electron chi connectivity index (χ4n) is 2.59. The number of anilines is 2. The Kier molecular flexibility index (Phi) is 6.80. The lowest BCUT2D eigenvalue weighted by Crippen LogP contribution is -2.18. The number of alkyl halides is 2. The summed E-state index contributed by atoms with van der Waals surface area (Å²) in [5.74, 6) is -2.69. The van der Waals surface area contributed by atoms with Crippen molar-refractivity contribution < 1.29 is 18.3 Å². The van der Waals surface area contributed by atoms with Gasteiger partial charge in [-0.15, -0.1) is 0 Å². The van der Waals surface area contributed by atoms with Crippen LogP contribution in [0.15, 0.2) is 12.1 Å². The van der Waals surface area contributed by atoms with E-state index in [4.69, 9.17) is 32.7 Å². The molecule has 0 amide bonds. The highest BCUT2D eigenvalue weighted by Crippen LogP contribution is 2.34. The number of aromatic nitrogens is 2. The molecular weight excluding hydrogens is 401 g/mol. The minimum Gasteiger partial charge on any atom is -0.351 e. The van der Waals surface area contributed by atoms with Gasteiger partial charge in [-0.2, -0.15) is 4.98 Å². The zero-order valence-electron chi connectivity index (χ0n) is 15.5. The van der Waals surface area contributed by atoms with Gasteiger partial charge in [0.05, 0.1) is 11.3 Å². The smallest absolute Gasteiger partial charge is 0.270 e. The van der Waals surface area contributed by atoms with Crippen LogP contribution in [0.4, 0.5) is 20.3 Å². The quantitative estimate of drug-likeness (QED) is 0.276. The summed E-state index contributed by atoms with van der Waals surface area (Å²) in [7, 11) is 2.88. The Morgan fingerprint density at radius 2 is 1.59 bits per heavy atom. The largest absolute Gasteiger partial charge is 0.351 e. The van der Waals surface area contributed by atoms with E-state index in [9.17, 15) is 8.78 Å². The van der Waals surface area contributed by atoms with E-state index < -0.39 is 12.2 Å². The maximum absolute atomic E-state index is 13.6. The zero-order chi connectivity index (χ0) is 20.4. The van der Waals surface area contributed by atoms with Gasteiger partial charge in [-0.05, 0) is 48.7 Å². The number of aryl methyl sites for hydroxylation is 2. The number of rotatable bonds is 7. The monoisotopic (exact) mass is 420 g/mol. The molecule has 0 unspecified atom stereocenters. The molecule has 0 saturated carbocycles. The van der Waals surface area contributed by atoms with Gasteiger partial charge in [0.25, 0.3) is 5.92 Å². The molecule has 2 N–H and O–H groups in total. The lowest BCUT2D eigenvalue weighted by Gasteiger charge is -2.21. The van der Waals surface area contributed by atoms with E-state index in [2.05, 4.69) is 20.8 Å². The highest BCUT2D eigenvalue weighted by atomic mass is 35.5. The predicted molar refractivity (Wildman–Crippen MR) is 102 cm³/mol. The third kappa shape index (κ3) is 4.95. The van der Waals surface area contributed by atoms with Crippen LogP contribution in [-0.4, -0.2) is 24.2 Å². The molecule has 0 radical (unpaired) electrons. The SMILES string of the molecule is COC(OC)c1c(Cl)nc(Cl)nc1NNc1c(C)cc(C(C)(F)F)cc1C. The zero-order valence-corrected chi connectivity index (χ0v) is 17.0. The number of ether oxygens (including phenoxy) is 2. The molecule has 0 aliphatic heterocycles. The van der Waals surface area contributed by atoms with E-state index in [1.807, 2.05) is 0 Å². The molecule has 2 rings (SSSR count). The van der Waals surface area contributed by atoms with Crippen molar-refractivity contribution in [3.8, 4) is 0 Å². The minimum absolute atomic E-state index is 0.0578. The summed E-state index contributed by atoms with van der Waals surface area (Å²) in [5.41, 5.74) is 7.99. The van der Waals surface area contributed by atoms with E-state index in [0.29, 0.717) is 22.4 Å². The second kappa shape index (κ2) is 8.52. The molecule has 27 heavy (non-hydrogen) atoms. The number of nitrogens with one attached hydrogen (secondary N) is 2. The van der Waals surface area contributed by atoms with E-state index >= 15 is 0 Å². The summed E-state index contributed by atoms with van der Waals surface area (Å²) >= 11 is 12.0. The average molecular weight is 421 g/mol. The maximum Gasteiger partial charge on any atom is 0.270 e. The van der Waals surface area contributed by atoms with Gasteiger partial charge >= 0.3 is 0 Å². The summed E-state index contributed by atoms with van der Waals surface area (Å²) in [6.45, 7) is 4.31. The van der Waals surface area contributed by atoms with Gasteiger partial charge in [0.15, 0.2) is 12.1 Å². The first-order valence-corrected chi connectivity index (χ1v) is 8.64. The molecule has 0 aliphatic rings. The lowest BCUT2D eigenvalue weighted by molar-refractivity contribution is -0.105. The number of nitrogens with zero attached hydrogens (tertiary/aromatic N) is 2. The Morgan fingerprint density at radius 3 is 2.07 bits per heavy atom. The minimum atomic E-state index is -2.92. The van der Waals surface area contributed by atoms with Crippen LogP contribution >= 0.6 is 23.2 Å². The van der Waals surface area contributed by atoms with Crippen molar-refractivity contribution in [3.63, 3.8) is 0 Å². The Labute approximate surface area is 166 Å². The molecular formula is C17H20Cl2F2N4O2. The third-order valence-electron chi connectivity index (χ3n) is 3.88. The molecule has 1 aromatic heterocycles. The van der Waals surface area contributed by atoms with Crippen LogP contribution in [0.3, 0.4) is 0 Å². The summed E-state index contributed by atoms with van der Waals surface area (Å²) in [6.07, 6.45) is -0.831. The molecule has 0 atom stereocenters.